The average Bonchev–Trinajstić information content (AvgIpc) is 2.80. The SMILES string of the molecule is COc1cnn(C)c1Cc1ccc2c(c1)CCC(C)N2. The number of benzene rings is 1. The molecular formula is C16H21N3O. The smallest absolute Gasteiger partial charge is 0.160 e. The Morgan fingerprint density at radius 3 is 3.10 bits per heavy atom. The van der Waals surface area contributed by atoms with Gasteiger partial charge in [-0.25, -0.2) is 0 Å². The molecule has 0 fully saturated rings. The standard InChI is InChI=1S/C16H21N3O/c1-11-4-6-13-8-12(5-7-14(13)18-11)9-15-16(20-3)10-17-19(15)2/h5,7-8,10-11,18H,4,6,9H2,1-3H3. The highest BCUT2D eigenvalue weighted by Gasteiger charge is 2.15. The molecule has 2 heterocycles. The first-order valence-corrected chi connectivity index (χ1v) is 7.10. The third-order valence-corrected chi connectivity index (χ3v) is 4.03. The number of rotatable bonds is 3. The topological polar surface area (TPSA) is 39.1 Å². The van der Waals surface area contributed by atoms with Crippen molar-refractivity contribution in [3.05, 3.63) is 41.2 Å². The number of fused-ring (bicyclic) bond motifs is 1. The second kappa shape index (κ2) is 5.19. The van der Waals surface area contributed by atoms with Gasteiger partial charge < -0.3 is 10.1 Å². The Morgan fingerprint density at radius 2 is 2.30 bits per heavy atom. The summed E-state index contributed by atoms with van der Waals surface area (Å²) >= 11 is 0. The molecule has 0 saturated carbocycles. The first kappa shape index (κ1) is 13.0. The van der Waals surface area contributed by atoms with E-state index in [-0.39, 0.29) is 0 Å². The van der Waals surface area contributed by atoms with Crippen LogP contribution in [0.3, 0.4) is 0 Å². The monoisotopic (exact) mass is 271 g/mol. The highest BCUT2D eigenvalue weighted by Crippen LogP contribution is 2.28. The van der Waals surface area contributed by atoms with E-state index < -0.39 is 0 Å². The second-order valence-electron chi connectivity index (χ2n) is 5.54. The van der Waals surface area contributed by atoms with E-state index in [0.717, 1.165) is 24.3 Å². The number of ether oxygens (including phenoxy) is 1. The predicted octanol–water partition coefficient (Wildman–Crippen LogP) is 2.77. The Labute approximate surface area is 119 Å². The van der Waals surface area contributed by atoms with Crippen LogP contribution < -0.4 is 10.1 Å². The van der Waals surface area contributed by atoms with Gasteiger partial charge in [-0.15, -0.1) is 0 Å². The van der Waals surface area contributed by atoms with Crippen LogP contribution in [-0.2, 0) is 19.9 Å². The molecule has 1 unspecified atom stereocenters. The zero-order chi connectivity index (χ0) is 14.1. The summed E-state index contributed by atoms with van der Waals surface area (Å²) < 4.78 is 7.26. The van der Waals surface area contributed by atoms with Crippen LogP contribution >= 0.6 is 0 Å². The molecule has 1 N–H and O–H groups in total. The van der Waals surface area contributed by atoms with Crippen molar-refractivity contribution >= 4 is 5.69 Å². The molecule has 1 atom stereocenters. The molecule has 0 bridgehead atoms. The fraction of sp³-hybridized carbons (Fsp3) is 0.438. The lowest BCUT2D eigenvalue weighted by atomic mass is 9.96. The highest BCUT2D eigenvalue weighted by atomic mass is 16.5. The van der Waals surface area contributed by atoms with E-state index in [1.807, 2.05) is 11.7 Å². The fourth-order valence-corrected chi connectivity index (χ4v) is 2.82. The highest BCUT2D eigenvalue weighted by molar-refractivity contribution is 5.55. The van der Waals surface area contributed by atoms with Gasteiger partial charge in [0.1, 0.15) is 0 Å². The van der Waals surface area contributed by atoms with Crippen LogP contribution in [0.4, 0.5) is 5.69 Å². The third kappa shape index (κ3) is 2.38. The number of nitrogens with zero attached hydrogens (tertiary/aromatic N) is 2. The molecule has 0 radical (unpaired) electrons. The maximum atomic E-state index is 5.37. The predicted molar refractivity (Wildman–Crippen MR) is 80.4 cm³/mol. The number of anilines is 1. The van der Waals surface area contributed by atoms with Crippen LogP contribution in [0.1, 0.15) is 30.2 Å². The Kier molecular flexibility index (Phi) is 3.38. The molecule has 0 saturated heterocycles. The minimum atomic E-state index is 0.575. The summed E-state index contributed by atoms with van der Waals surface area (Å²) in [5.41, 5.74) is 5.12. The van der Waals surface area contributed by atoms with E-state index in [2.05, 4.69) is 35.5 Å². The lowest BCUT2D eigenvalue weighted by Crippen LogP contribution is -2.21. The maximum absolute atomic E-state index is 5.37. The van der Waals surface area contributed by atoms with Gasteiger partial charge in [-0.05, 0) is 37.0 Å². The summed E-state index contributed by atoms with van der Waals surface area (Å²) in [7, 11) is 3.65. The Balaban J connectivity index is 1.87. The molecule has 0 aliphatic carbocycles. The van der Waals surface area contributed by atoms with Gasteiger partial charge in [0.05, 0.1) is 19.0 Å². The molecule has 1 aromatic heterocycles. The second-order valence-corrected chi connectivity index (χ2v) is 5.54. The molecule has 0 amide bonds. The summed E-state index contributed by atoms with van der Waals surface area (Å²) in [5, 5.41) is 7.80. The number of nitrogens with one attached hydrogen (secondary N) is 1. The Morgan fingerprint density at radius 1 is 1.45 bits per heavy atom. The molecule has 4 heteroatoms. The van der Waals surface area contributed by atoms with Crippen LogP contribution in [-0.4, -0.2) is 22.9 Å². The molecule has 1 aliphatic heterocycles. The van der Waals surface area contributed by atoms with Crippen molar-refractivity contribution < 1.29 is 4.74 Å². The minimum absolute atomic E-state index is 0.575. The third-order valence-electron chi connectivity index (χ3n) is 4.03. The normalized spacial score (nSPS) is 17.4. The molecule has 1 aliphatic rings. The molecule has 106 valence electrons. The first-order chi connectivity index (χ1) is 9.67. The largest absolute Gasteiger partial charge is 0.493 e. The molecule has 2 aromatic rings. The van der Waals surface area contributed by atoms with Gasteiger partial charge in [0.15, 0.2) is 5.75 Å². The van der Waals surface area contributed by atoms with Gasteiger partial charge in [-0.2, -0.15) is 5.10 Å². The van der Waals surface area contributed by atoms with Gasteiger partial charge in [0, 0.05) is 25.2 Å². The number of aromatic nitrogens is 2. The lowest BCUT2D eigenvalue weighted by Gasteiger charge is -2.24. The van der Waals surface area contributed by atoms with E-state index in [1.165, 1.54) is 23.2 Å². The van der Waals surface area contributed by atoms with Crippen LogP contribution in [0.5, 0.6) is 5.75 Å². The summed E-state index contributed by atoms with van der Waals surface area (Å²) in [4.78, 5) is 0. The van der Waals surface area contributed by atoms with Crippen molar-refractivity contribution in [3.8, 4) is 5.75 Å². The average molecular weight is 271 g/mol. The van der Waals surface area contributed by atoms with Crippen molar-refractivity contribution in [2.24, 2.45) is 7.05 Å². The van der Waals surface area contributed by atoms with E-state index in [1.54, 1.807) is 13.3 Å². The van der Waals surface area contributed by atoms with E-state index >= 15 is 0 Å². The summed E-state index contributed by atoms with van der Waals surface area (Å²) in [6.07, 6.45) is 4.98. The summed E-state index contributed by atoms with van der Waals surface area (Å²) in [5.74, 6) is 0.858. The van der Waals surface area contributed by atoms with Crippen LogP contribution in [0.15, 0.2) is 24.4 Å². The van der Waals surface area contributed by atoms with Gasteiger partial charge >= 0.3 is 0 Å². The van der Waals surface area contributed by atoms with Crippen LogP contribution in [0.2, 0.25) is 0 Å². The molecule has 20 heavy (non-hydrogen) atoms. The number of hydrogen-bond donors (Lipinski definition) is 1. The van der Waals surface area contributed by atoms with E-state index in [4.69, 9.17) is 4.74 Å². The van der Waals surface area contributed by atoms with Crippen LogP contribution in [0, 0.1) is 0 Å². The molecule has 1 aromatic carbocycles. The van der Waals surface area contributed by atoms with Gasteiger partial charge in [0.2, 0.25) is 0 Å². The van der Waals surface area contributed by atoms with Crippen molar-refractivity contribution in [2.45, 2.75) is 32.2 Å². The zero-order valence-corrected chi connectivity index (χ0v) is 12.3. The fourth-order valence-electron chi connectivity index (χ4n) is 2.82. The number of aryl methyl sites for hydroxylation is 2. The van der Waals surface area contributed by atoms with Gasteiger partial charge in [0.25, 0.3) is 0 Å². The van der Waals surface area contributed by atoms with Crippen molar-refractivity contribution in [2.75, 3.05) is 12.4 Å². The van der Waals surface area contributed by atoms with Gasteiger partial charge in [-0.1, -0.05) is 12.1 Å². The minimum Gasteiger partial charge on any atom is -0.493 e. The van der Waals surface area contributed by atoms with E-state index in [0.29, 0.717) is 6.04 Å². The molecule has 0 spiro atoms. The summed E-state index contributed by atoms with van der Waals surface area (Å²) in [6.45, 7) is 2.23. The number of hydrogen-bond acceptors (Lipinski definition) is 3. The van der Waals surface area contributed by atoms with Crippen molar-refractivity contribution in [3.63, 3.8) is 0 Å². The Hall–Kier alpha value is -1.97. The van der Waals surface area contributed by atoms with E-state index in [9.17, 15) is 0 Å². The quantitative estimate of drug-likeness (QED) is 0.933. The van der Waals surface area contributed by atoms with Crippen molar-refractivity contribution in [1.82, 2.24) is 9.78 Å². The first-order valence-electron chi connectivity index (χ1n) is 7.10. The number of methoxy groups -OCH3 is 1. The molecule has 4 nitrogen and oxygen atoms in total. The summed E-state index contributed by atoms with van der Waals surface area (Å²) in [6, 6.07) is 7.27. The van der Waals surface area contributed by atoms with Crippen molar-refractivity contribution in [1.29, 1.82) is 0 Å². The lowest BCUT2D eigenvalue weighted by molar-refractivity contribution is 0.409. The Bertz CT molecular complexity index is 618. The molecule has 3 rings (SSSR count). The van der Waals surface area contributed by atoms with Crippen LogP contribution in [0.25, 0.3) is 0 Å². The molecular weight excluding hydrogens is 250 g/mol. The zero-order valence-electron chi connectivity index (χ0n) is 12.3. The maximum Gasteiger partial charge on any atom is 0.160 e. The van der Waals surface area contributed by atoms with Gasteiger partial charge in [-0.3, -0.25) is 4.68 Å².